The van der Waals surface area contributed by atoms with Gasteiger partial charge in [-0.15, -0.1) is 0 Å². The average Bonchev–Trinajstić information content (AvgIpc) is 3.10. The summed E-state index contributed by atoms with van der Waals surface area (Å²) in [4.78, 5) is 14.5. The van der Waals surface area contributed by atoms with Crippen molar-refractivity contribution < 1.29 is 23.8 Å². The smallest absolute Gasteiger partial charge is 0.354 e. The molecular weight excluding hydrogens is 250 g/mol. The van der Waals surface area contributed by atoms with Gasteiger partial charge in [0.25, 0.3) is 0 Å². The summed E-state index contributed by atoms with van der Waals surface area (Å²) in [5.41, 5.74) is 0.701. The summed E-state index contributed by atoms with van der Waals surface area (Å²) < 4.78 is 16.3. The molecule has 0 bridgehead atoms. The first-order valence-corrected chi connectivity index (χ1v) is 5.77. The average molecular weight is 261 g/mol. The number of hydrogen-bond donors (Lipinski definition) is 1. The summed E-state index contributed by atoms with van der Waals surface area (Å²) >= 11 is 0. The van der Waals surface area contributed by atoms with Crippen LogP contribution in [0.3, 0.4) is 0 Å². The van der Waals surface area contributed by atoms with Crippen molar-refractivity contribution in [1.29, 1.82) is 0 Å². The summed E-state index contributed by atoms with van der Waals surface area (Å²) in [6.45, 7) is 1.10. The van der Waals surface area contributed by atoms with Crippen molar-refractivity contribution in [3.05, 3.63) is 41.9 Å². The summed E-state index contributed by atoms with van der Waals surface area (Å²) in [7, 11) is 0. The van der Waals surface area contributed by atoms with Crippen molar-refractivity contribution in [2.45, 2.75) is 6.29 Å². The molecule has 2 aromatic rings. The maximum absolute atomic E-state index is 10.7. The van der Waals surface area contributed by atoms with Crippen molar-refractivity contribution in [3.63, 3.8) is 0 Å². The Kier molecular flexibility index (Phi) is 3.02. The normalized spacial score (nSPS) is 15.8. The van der Waals surface area contributed by atoms with Crippen molar-refractivity contribution >= 4 is 5.97 Å². The van der Waals surface area contributed by atoms with Crippen LogP contribution in [0.4, 0.5) is 0 Å². The minimum atomic E-state index is -1.06. The van der Waals surface area contributed by atoms with E-state index in [0.717, 1.165) is 0 Å². The number of hydrogen-bond acceptors (Lipinski definition) is 5. The molecule has 1 fully saturated rings. The molecule has 19 heavy (non-hydrogen) atoms. The van der Waals surface area contributed by atoms with Crippen LogP contribution in [0.2, 0.25) is 0 Å². The largest absolute Gasteiger partial charge is 0.477 e. The van der Waals surface area contributed by atoms with Crippen LogP contribution < -0.4 is 0 Å². The Bertz CT molecular complexity index is 583. The molecule has 0 unspecified atom stereocenters. The summed E-state index contributed by atoms with van der Waals surface area (Å²) in [6.07, 6.45) is 1.00. The Morgan fingerprint density at radius 1 is 1.21 bits per heavy atom. The summed E-state index contributed by atoms with van der Waals surface area (Å²) in [5.74, 6) is 0.132. The zero-order chi connectivity index (χ0) is 13.2. The fraction of sp³-hybridized carbons (Fsp3) is 0.231. The second kappa shape index (κ2) is 4.83. The number of ether oxygens (including phenoxy) is 2. The number of aromatic carboxylic acids is 1. The molecule has 98 valence electrons. The molecule has 6 nitrogen and oxygen atoms in total. The number of rotatable bonds is 3. The fourth-order valence-electron chi connectivity index (χ4n) is 1.82. The molecule has 2 aromatic heterocycles. The topological polar surface area (TPSA) is 81.8 Å². The van der Waals surface area contributed by atoms with Crippen LogP contribution >= 0.6 is 0 Å². The van der Waals surface area contributed by atoms with E-state index in [4.69, 9.17) is 19.0 Å². The van der Waals surface area contributed by atoms with Crippen LogP contribution in [0.15, 0.2) is 34.9 Å². The van der Waals surface area contributed by atoms with Crippen LogP contribution in [0, 0.1) is 0 Å². The van der Waals surface area contributed by atoms with Crippen LogP contribution in [0.5, 0.6) is 0 Å². The number of carboxylic acid groups (broad SMARTS) is 1. The number of aromatic nitrogens is 1. The molecule has 0 saturated carbocycles. The summed E-state index contributed by atoms with van der Waals surface area (Å²) in [6, 6.07) is 6.63. The highest BCUT2D eigenvalue weighted by atomic mass is 16.7. The van der Waals surface area contributed by atoms with Gasteiger partial charge in [-0.25, -0.2) is 9.78 Å². The molecule has 0 radical (unpaired) electrons. The van der Waals surface area contributed by atoms with Crippen LogP contribution in [-0.2, 0) is 9.47 Å². The predicted octanol–water partition coefficient (Wildman–Crippen LogP) is 2.09. The highest BCUT2D eigenvalue weighted by Crippen LogP contribution is 2.29. The molecule has 1 aliphatic heterocycles. The molecule has 0 spiro atoms. The minimum absolute atomic E-state index is 0.00186. The number of carbonyl (C=O) groups is 1. The Balaban J connectivity index is 1.83. The lowest BCUT2D eigenvalue weighted by Gasteiger charge is -2.04. The van der Waals surface area contributed by atoms with E-state index in [9.17, 15) is 4.79 Å². The van der Waals surface area contributed by atoms with Gasteiger partial charge in [-0.1, -0.05) is 0 Å². The molecule has 1 saturated heterocycles. The minimum Gasteiger partial charge on any atom is -0.477 e. The van der Waals surface area contributed by atoms with Crippen molar-refractivity contribution in [2.75, 3.05) is 13.2 Å². The summed E-state index contributed by atoms with van der Waals surface area (Å²) in [5, 5.41) is 8.77. The first-order chi connectivity index (χ1) is 9.24. The molecule has 0 aliphatic carbocycles. The van der Waals surface area contributed by atoms with Gasteiger partial charge in [0.2, 0.25) is 6.29 Å². The molecule has 6 heteroatoms. The van der Waals surface area contributed by atoms with E-state index in [-0.39, 0.29) is 5.69 Å². The SMILES string of the molecule is O=C(O)c1ccc(-c2ccc(C3OCCO3)o2)cn1. The van der Waals surface area contributed by atoms with Crippen molar-refractivity contribution in [1.82, 2.24) is 4.98 Å². The lowest BCUT2D eigenvalue weighted by atomic mass is 10.2. The second-order valence-corrected chi connectivity index (χ2v) is 4.01. The fourth-order valence-corrected chi connectivity index (χ4v) is 1.82. The van der Waals surface area contributed by atoms with Gasteiger partial charge in [-0.2, -0.15) is 0 Å². The molecule has 0 atom stereocenters. The van der Waals surface area contributed by atoms with Gasteiger partial charge in [0.1, 0.15) is 11.5 Å². The number of carboxylic acids is 1. The highest BCUT2D eigenvalue weighted by molar-refractivity contribution is 5.85. The molecule has 0 aromatic carbocycles. The van der Waals surface area contributed by atoms with Crippen LogP contribution in [-0.4, -0.2) is 29.3 Å². The molecule has 1 aliphatic rings. The third kappa shape index (κ3) is 2.35. The standard InChI is InChI=1S/C13H11NO5/c15-12(16)9-2-1-8(7-14-9)10-3-4-11(19-10)13-17-5-6-18-13/h1-4,7,13H,5-6H2,(H,15,16). The maximum atomic E-state index is 10.7. The Morgan fingerprint density at radius 3 is 2.63 bits per heavy atom. The first kappa shape index (κ1) is 11.9. The van der Waals surface area contributed by atoms with Crippen LogP contribution in [0.25, 0.3) is 11.3 Å². The Labute approximate surface area is 108 Å². The molecule has 1 N–H and O–H groups in total. The zero-order valence-corrected chi connectivity index (χ0v) is 9.91. The van der Waals surface area contributed by atoms with E-state index in [1.165, 1.54) is 12.3 Å². The van der Waals surface area contributed by atoms with E-state index < -0.39 is 12.3 Å². The highest BCUT2D eigenvalue weighted by Gasteiger charge is 2.22. The quantitative estimate of drug-likeness (QED) is 0.910. The van der Waals surface area contributed by atoms with Gasteiger partial charge in [-0.05, 0) is 24.3 Å². The lowest BCUT2D eigenvalue weighted by Crippen LogP contribution is -1.99. The van der Waals surface area contributed by atoms with E-state index in [1.807, 2.05) is 0 Å². The lowest BCUT2D eigenvalue weighted by molar-refractivity contribution is -0.0585. The van der Waals surface area contributed by atoms with Gasteiger partial charge in [-0.3, -0.25) is 0 Å². The van der Waals surface area contributed by atoms with Gasteiger partial charge in [0.05, 0.1) is 13.2 Å². The number of pyridine rings is 1. The van der Waals surface area contributed by atoms with Gasteiger partial charge < -0.3 is 19.0 Å². The Morgan fingerprint density at radius 2 is 2.00 bits per heavy atom. The molecule has 0 amide bonds. The monoisotopic (exact) mass is 261 g/mol. The zero-order valence-electron chi connectivity index (χ0n) is 9.91. The van der Waals surface area contributed by atoms with E-state index >= 15 is 0 Å². The van der Waals surface area contributed by atoms with Gasteiger partial charge in [0.15, 0.2) is 5.76 Å². The molecular formula is C13H11NO5. The number of furan rings is 1. The molecule has 3 rings (SSSR count). The number of nitrogens with zero attached hydrogens (tertiary/aromatic N) is 1. The van der Waals surface area contributed by atoms with Crippen LogP contribution in [0.1, 0.15) is 22.5 Å². The van der Waals surface area contributed by atoms with E-state index in [0.29, 0.717) is 30.3 Å². The third-order valence-electron chi connectivity index (χ3n) is 2.75. The Hall–Kier alpha value is -2.18. The van der Waals surface area contributed by atoms with Gasteiger partial charge in [0, 0.05) is 11.8 Å². The van der Waals surface area contributed by atoms with E-state index in [1.54, 1.807) is 18.2 Å². The van der Waals surface area contributed by atoms with E-state index in [2.05, 4.69) is 4.98 Å². The molecule has 3 heterocycles. The van der Waals surface area contributed by atoms with Crippen molar-refractivity contribution in [2.24, 2.45) is 0 Å². The predicted molar refractivity (Wildman–Crippen MR) is 63.5 cm³/mol. The van der Waals surface area contributed by atoms with Crippen molar-refractivity contribution in [3.8, 4) is 11.3 Å². The second-order valence-electron chi connectivity index (χ2n) is 4.01. The first-order valence-electron chi connectivity index (χ1n) is 5.77. The van der Waals surface area contributed by atoms with Gasteiger partial charge >= 0.3 is 5.97 Å². The maximum Gasteiger partial charge on any atom is 0.354 e. The third-order valence-corrected chi connectivity index (χ3v) is 2.75.